The standard InChI is InChI=1S/C21H19ClN2O8S/c1-4-31-21(26)20-17(12-19(25)24(23-20)15-8-6-5-7-14(15)22)32-33(27,28)18-11-13(29-2)9-10-16(18)30-3/h5-12H,4H2,1-3H3. The van der Waals surface area contributed by atoms with Gasteiger partial charge in [-0.15, -0.1) is 0 Å². The molecule has 0 N–H and O–H groups in total. The zero-order chi connectivity index (χ0) is 24.2. The van der Waals surface area contributed by atoms with Crippen molar-refractivity contribution in [2.75, 3.05) is 20.8 Å². The van der Waals surface area contributed by atoms with Crippen LogP contribution < -0.4 is 19.2 Å². The summed E-state index contributed by atoms with van der Waals surface area (Å²) in [6.45, 7) is 1.53. The number of rotatable bonds is 8. The Kier molecular flexibility index (Phi) is 7.24. The van der Waals surface area contributed by atoms with Crippen LogP contribution in [-0.2, 0) is 14.9 Å². The largest absolute Gasteiger partial charge is 0.497 e. The van der Waals surface area contributed by atoms with Crippen LogP contribution in [-0.4, -0.2) is 45.0 Å². The van der Waals surface area contributed by atoms with Crippen molar-refractivity contribution in [2.24, 2.45) is 0 Å². The van der Waals surface area contributed by atoms with E-state index in [-0.39, 0.29) is 33.7 Å². The summed E-state index contributed by atoms with van der Waals surface area (Å²) in [6.07, 6.45) is 0. The Balaban J connectivity index is 2.17. The Morgan fingerprint density at radius 1 is 1.06 bits per heavy atom. The van der Waals surface area contributed by atoms with Gasteiger partial charge in [0.1, 0.15) is 11.5 Å². The number of carbonyl (C=O) groups is 1. The molecule has 12 heteroatoms. The van der Waals surface area contributed by atoms with Crippen LogP contribution in [0, 0.1) is 0 Å². The molecule has 0 fully saturated rings. The molecule has 0 unspecified atom stereocenters. The Bertz CT molecular complexity index is 1350. The molecule has 1 aromatic heterocycles. The van der Waals surface area contributed by atoms with Gasteiger partial charge in [-0.3, -0.25) is 4.79 Å². The molecule has 0 radical (unpaired) electrons. The molecule has 0 aliphatic carbocycles. The molecular weight excluding hydrogens is 476 g/mol. The lowest BCUT2D eigenvalue weighted by Gasteiger charge is -2.14. The molecule has 0 atom stereocenters. The maximum Gasteiger partial charge on any atom is 0.362 e. The molecule has 0 bridgehead atoms. The van der Waals surface area contributed by atoms with Crippen molar-refractivity contribution in [1.82, 2.24) is 9.78 Å². The summed E-state index contributed by atoms with van der Waals surface area (Å²) in [7, 11) is -1.96. The fourth-order valence-electron chi connectivity index (χ4n) is 2.78. The first-order chi connectivity index (χ1) is 15.7. The molecular formula is C21H19ClN2O8S. The molecule has 0 amide bonds. The minimum absolute atomic E-state index is 0.0262. The Morgan fingerprint density at radius 3 is 2.42 bits per heavy atom. The lowest BCUT2D eigenvalue weighted by molar-refractivity contribution is 0.0515. The number of carbonyl (C=O) groups excluding carboxylic acids is 1. The number of benzene rings is 2. The first kappa shape index (κ1) is 24.1. The van der Waals surface area contributed by atoms with Crippen molar-refractivity contribution in [3.63, 3.8) is 0 Å². The molecule has 10 nitrogen and oxygen atoms in total. The maximum absolute atomic E-state index is 13.0. The van der Waals surface area contributed by atoms with Crippen molar-refractivity contribution in [2.45, 2.75) is 11.8 Å². The maximum atomic E-state index is 13.0. The monoisotopic (exact) mass is 494 g/mol. The van der Waals surface area contributed by atoms with Crippen LogP contribution in [0.2, 0.25) is 5.02 Å². The Morgan fingerprint density at radius 2 is 1.79 bits per heavy atom. The highest BCUT2D eigenvalue weighted by atomic mass is 35.5. The molecule has 2 aromatic carbocycles. The van der Waals surface area contributed by atoms with Gasteiger partial charge in [0.15, 0.2) is 10.6 Å². The van der Waals surface area contributed by atoms with Gasteiger partial charge in [-0.05, 0) is 31.2 Å². The van der Waals surface area contributed by atoms with Gasteiger partial charge >= 0.3 is 16.1 Å². The van der Waals surface area contributed by atoms with E-state index in [9.17, 15) is 18.0 Å². The second kappa shape index (κ2) is 9.92. The van der Waals surface area contributed by atoms with Crippen molar-refractivity contribution >= 4 is 27.7 Å². The van der Waals surface area contributed by atoms with Gasteiger partial charge in [-0.2, -0.15) is 18.2 Å². The van der Waals surface area contributed by atoms with Gasteiger partial charge in [-0.1, -0.05) is 23.7 Å². The topological polar surface area (TPSA) is 123 Å². The zero-order valence-electron chi connectivity index (χ0n) is 17.8. The van der Waals surface area contributed by atoms with E-state index in [1.807, 2.05) is 0 Å². The second-order valence-corrected chi connectivity index (χ2v) is 8.26. The highest BCUT2D eigenvalue weighted by Gasteiger charge is 2.28. The summed E-state index contributed by atoms with van der Waals surface area (Å²) in [5, 5.41) is 4.16. The number of para-hydroxylation sites is 1. The number of esters is 1. The smallest absolute Gasteiger partial charge is 0.362 e. The minimum atomic E-state index is -4.59. The number of ether oxygens (including phenoxy) is 3. The normalized spacial score (nSPS) is 11.0. The quantitative estimate of drug-likeness (QED) is 0.343. The molecule has 174 valence electrons. The van der Waals surface area contributed by atoms with E-state index in [0.717, 1.165) is 10.7 Å². The van der Waals surface area contributed by atoms with E-state index >= 15 is 0 Å². The summed E-state index contributed by atoms with van der Waals surface area (Å²) >= 11 is 6.14. The van der Waals surface area contributed by atoms with Crippen LogP contribution in [0.5, 0.6) is 17.2 Å². The Labute approximate surface area is 194 Å². The van der Waals surface area contributed by atoms with E-state index in [2.05, 4.69) is 5.10 Å². The summed E-state index contributed by atoms with van der Waals surface area (Å²) < 4.78 is 47.2. The molecule has 0 saturated heterocycles. The van der Waals surface area contributed by atoms with Crippen LogP contribution in [0.1, 0.15) is 17.4 Å². The molecule has 1 heterocycles. The lowest BCUT2D eigenvalue weighted by atomic mass is 10.3. The van der Waals surface area contributed by atoms with E-state index < -0.39 is 33.1 Å². The van der Waals surface area contributed by atoms with Crippen molar-refractivity contribution in [3.8, 4) is 22.9 Å². The summed E-state index contributed by atoms with van der Waals surface area (Å²) in [6, 6.07) is 11.1. The lowest BCUT2D eigenvalue weighted by Crippen LogP contribution is -2.26. The number of hydrogen-bond donors (Lipinski definition) is 0. The third kappa shape index (κ3) is 5.10. The Hall–Kier alpha value is -3.57. The van der Waals surface area contributed by atoms with Gasteiger partial charge in [0, 0.05) is 6.07 Å². The summed E-state index contributed by atoms with van der Waals surface area (Å²) in [5.74, 6) is -1.44. The molecule has 0 spiro atoms. The summed E-state index contributed by atoms with van der Waals surface area (Å²) in [5.41, 5.74) is -1.15. The number of hydrogen-bond acceptors (Lipinski definition) is 9. The zero-order valence-corrected chi connectivity index (χ0v) is 19.3. The van der Waals surface area contributed by atoms with Gasteiger partial charge in [-0.25, -0.2) is 4.79 Å². The number of aromatic nitrogens is 2. The van der Waals surface area contributed by atoms with Crippen LogP contribution >= 0.6 is 11.6 Å². The number of nitrogens with zero attached hydrogens (tertiary/aromatic N) is 2. The van der Waals surface area contributed by atoms with Crippen LogP contribution in [0.3, 0.4) is 0 Å². The van der Waals surface area contributed by atoms with Gasteiger partial charge in [0.25, 0.3) is 5.56 Å². The average molecular weight is 495 g/mol. The van der Waals surface area contributed by atoms with Crippen LogP contribution in [0.15, 0.2) is 58.2 Å². The molecule has 3 aromatic rings. The predicted molar refractivity (Wildman–Crippen MR) is 118 cm³/mol. The van der Waals surface area contributed by atoms with E-state index in [4.69, 9.17) is 30.0 Å². The summed E-state index contributed by atoms with van der Waals surface area (Å²) in [4.78, 5) is 24.9. The first-order valence-electron chi connectivity index (χ1n) is 9.44. The molecule has 0 saturated carbocycles. The molecule has 3 rings (SSSR count). The fraction of sp³-hybridized carbons (Fsp3) is 0.190. The van der Waals surface area contributed by atoms with Gasteiger partial charge in [0.2, 0.25) is 5.69 Å². The predicted octanol–water partition coefficient (Wildman–Crippen LogP) is 2.85. The van der Waals surface area contributed by atoms with E-state index in [0.29, 0.717) is 0 Å². The highest BCUT2D eigenvalue weighted by molar-refractivity contribution is 7.87. The molecule has 0 aliphatic heterocycles. The van der Waals surface area contributed by atoms with Crippen molar-refractivity contribution in [1.29, 1.82) is 0 Å². The van der Waals surface area contributed by atoms with Gasteiger partial charge < -0.3 is 18.4 Å². The first-order valence-corrected chi connectivity index (χ1v) is 11.2. The van der Waals surface area contributed by atoms with E-state index in [1.165, 1.54) is 44.6 Å². The van der Waals surface area contributed by atoms with Gasteiger partial charge in [0.05, 0.1) is 37.6 Å². The van der Waals surface area contributed by atoms with E-state index in [1.54, 1.807) is 19.1 Å². The second-order valence-electron chi connectivity index (χ2n) is 6.33. The SMILES string of the molecule is CCOC(=O)c1nn(-c2ccccc2Cl)c(=O)cc1OS(=O)(=O)c1cc(OC)ccc1OC. The van der Waals surface area contributed by atoms with Crippen molar-refractivity contribution in [3.05, 3.63) is 69.6 Å². The highest BCUT2D eigenvalue weighted by Crippen LogP contribution is 2.31. The fourth-order valence-corrected chi connectivity index (χ4v) is 4.11. The van der Waals surface area contributed by atoms with Crippen molar-refractivity contribution < 1.29 is 31.6 Å². The number of methoxy groups -OCH3 is 2. The molecule has 0 aliphatic rings. The van der Waals surface area contributed by atoms with Crippen LogP contribution in [0.25, 0.3) is 5.69 Å². The third-order valence-electron chi connectivity index (χ3n) is 4.29. The third-order valence-corrected chi connectivity index (χ3v) is 5.86. The van der Waals surface area contributed by atoms with Crippen LogP contribution in [0.4, 0.5) is 0 Å². The number of halogens is 1. The minimum Gasteiger partial charge on any atom is -0.497 e. The average Bonchev–Trinajstić information content (AvgIpc) is 2.79. The molecule has 33 heavy (non-hydrogen) atoms.